The number of aliphatic hydroxyl groups excluding tert-OH is 1. The van der Waals surface area contributed by atoms with E-state index in [-0.39, 0.29) is 24.7 Å². The molecule has 1 aromatic heterocycles. The Hall–Kier alpha value is -1.93. The summed E-state index contributed by atoms with van der Waals surface area (Å²) in [4.78, 5) is 20.6. The molecule has 0 aromatic carbocycles. The molecule has 152 valence electrons. The van der Waals surface area contributed by atoms with Gasteiger partial charge in [0.2, 0.25) is 5.95 Å². The number of amides is 1. The molecule has 5 N–H and O–H groups in total. The molecule has 8 heteroatoms. The minimum atomic E-state index is -0.565. The number of ether oxygens (including phenoxy) is 1. The lowest BCUT2D eigenvalue weighted by molar-refractivity contribution is 0.0681. The highest BCUT2D eigenvalue weighted by atomic mass is 16.5. The van der Waals surface area contributed by atoms with Crippen LogP contribution in [0.25, 0.3) is 0 Å². The molecular formula is C19H33N5O3. The van der Waals surface area contributed by atoms with Crippen molar-refractivity contribution in [3.63, 3.8) is 0 Å². The van der Waals surface area contributed by atoms with E-state index in [0.717, 1.165) is 44.9 Å². The number of hydrogen-bond donors (Lipinski definition) is 4. The fraction of sp³-hybridized carbons (Fsp3) is 0.737. The molecule has 2 atom stereocenters. The number of anilines is 2. The highest BCUT2D eigenvalue weighted by Gasteiger charge is 2.33. The average molecular weight is 380 g/mol. The van der Waals surface area contributed by atoms with Crippen LogP contribution >= 0.6 is 0 Å². The number of methoxy groups -OCH3 is 1. The Balaban J connectivity index is 0.00000280. The summed E-state index contributed by atoms with van der Waals surface area (Å²) in [5.74, 6) is 0.357. The number of nitrogens with one attached hydrogen (secondary N) is 2. The molecule has 1 amide bonds. The van der Waals surface area contributed by atoms with Crippen molar-refractivity contribution in [2.45, 2.75) is 82.1 Å². The van der Waals surface area contributed by atoms with E-state index in [2.05, 4.69) is 20.6 Å². The van der Waals surface area contributed by atoms with Gasteiger partial charge >= 0.3 is 0 Å². The molecule has 2 fully saturated rings. The molecule has 8 nitrogen and oxygen atoms in total. The van der Waals surface area contributed by atoms with E-state index in [1.54, 1.807) is 7.11 Å². The second-order valence-electron chi connectivity index (χ2n) is 8.11. The van der Waals surface area contributed by atoms with Gasteiger partial charge in [0, 0.05) is 26.3 Å². The van der Waals surface area contributed by atoms with Gasteiger partial charge in [-0.3, -0.25) is 4.79 Å². The lowest BCUT2D eigenvalue weighted by Crippen LogP contribution is -2.42. The zero-order valence-corrected chi connectivity index (χ0v) is 16.2. The minimum absolute atomic E-state index is 0. The summed E-state index contributed by atoms with van der Waals surface area (Å²) >= 11 is 0. The molecule has 1 heterocycles. The van der Waals surface area contributed by atoms with Crippen molar-refractivity contribution in [3.8, 4) is 0 Å². The topological polar surface area (TPSA) is 122 Å². The lowest BCUT2D eigenvalue weighted by atomic mass is 9.81. The predicted octanol–water partition coefficient (Wildman–Crippen LogP) is 2.30. The van der Waals surface area contributed by atoms with Crippen molar-refractivity contribution in [1.82, 2.24) is 9.97 Å². The first-order valence-corrected chi connectivity index (χ1v) is 9.81. The number of nitrogens with zero attached hydrogens (tertiary/aromatic N) is 2. The first-order valence-electron chi connectivity index (χ1n) is 9.81. The maximum Gasteiger partial charge on any atom is 0.254 e. The quantitative estimate of drug-likeness (QED) is 0.598. The van der Waals surface area contributed by atoms with Gasteiger partial charge in [0.1, 0.15) is 5.82 Å². The van der Waals surface area contributed by atoms with E-state index in [1.165, 1.54) is 6.20 Å². The molecule has 2 aliphatic carbocycles. The second-order valence-corrected chi connectivity index (χ2v) is 8.11. The first kappa shape index (κ1) is 19.8. The maximum atomic E-state index is 11.8. The Kier molecular flexibility index (Phi) is 6.16. The van der Waals surface area contributed by atoms with Crippen molar-refractivity contribution in [2.75, 3.05) is 17.7 Å². The van der Waals surface area contributed by atoms with E-state index in [1.807, 2.05) is 6.92 Å². The van der Waals surface area contributed by atoms with Crippen LogP contribution in [0.2, 0.25) is 0 Å². The van der Waals surface area contributed by atoms with Crippen LogP contribution in [0.4, 0.5) is 11.8 Å². The summed E-state index contributed by atoms with van der Waals surface area (Å²) in [7, 11) is 1.75. The third kappa shape index (κ3) is 5.07. The van der Waals surface area contributed by atoms with E-state index >= 15 is 0 Å². The SMILES string of the molecule is COC1CCC(Nc2ncc(C(N)=O)c(N[C@]3(C)CCC[C@H](O)C3)n2)CC1.[HH]. The van der Waals surface area contributed by atoms with Crippen molar-refractivity contribution >= 4 is 17.7 Å². The number of nitrogens with two attached hydrogens (primary N) is 1. The minimum Gasteiger partial charge on any atom is -0.393 e. The lowest BCUT2D eigenvalue weighted by Gasteiger charge is -2.37. The molecule has 0 aliphatic heterocycles. The Bertz CT molecular complexity index is 669. The highest BCUT2D eigenvalue weighted by Crippen LogP contribution is 2.32. The standard InChI is InChI=1S/C19H31N5O3.H2/c1-19(9-3-4-13(25)10-19)24-17-15(16(20)26)11-21-18(23-17)22-12-5-7-14(27-2)8-6-12;/h11-14,25H,3-10H2,1-2H3,(H2,20,26)(H2,21,22,23,24);1H/t12?,13-,14?,19+;/m0./s1. The summed E-state index contributed by atoms with van der Waals surface area (Å²) in [6.07, 6.45) is 8.70. The first-order chi connectivity index (χ1) is 12.9. The summed E-state index contributed by atoms with van der Waals surface area (Å²) < 4.78 is 5.41. The van der Waals surface area contributed by atoms with Gasteiger partial charge in [-0.1, -0.05) is 0 Å². The predicted molar refractivity (Wildman–Crippen MR) is 106 cm³/mol. The van der Waals surface area contributed by atoms with Gasteiger partial charge < -0.3 is 26.2 Å². The van der Waals surface area contributed by atoms with Gasteiger partial charge in [0.15, 0.2) is 0 Å². The van der Waals surface area contributed by atoms with Crippen molar-refractivity contribution in [2.24, 2.45) is 5.73 Å². The number of hydrogen-bond acceptors (Lipinski definition) is 7. The van der Waals surface area contributed by atoms with Gasteiger partial charge in [-0.25, -0.2) is 4.98 Å². The number of carbonyl (C=O) groups excluding carboxylic acids is 1. The Morgan fingerprint density at radius 2 is 2.11 bits per heavy atom. The molecule has 0 radical (unpaired) electrons. The van der Waals surface area contributed by atoms with E-state index in [9.17, 15) is 9.90 Å². The highest BCUT2D eigenvalue weighted by molar-refractivity contribution is 5.97. The van der Waals surface area contributed by atoms with Gasteiger partial charge in [-0.2, -0.15) is 4.98 Å². The monoisotopic (exact) mass is 379 g/mol. The number of carbonyl (C=O) groups is 1. The fourth-order valence-electron chi connectivity index (χ4n) is 4.20. The van der Waals surface area contributed by atoms with E-state index < -0.39 is 5.91 Å². The van der Waals surface area contributed by atoms with Crippen LogP contribution in [0.3, 0.4) is 0 Å². The van der Waals surface area contributed by atoms with E-state index in [4.69, 9.17) is 10.5 Å². The second kappa shape index (κ2) is 8.39. The van der Waals surface area contributed by atoms with Gasteiger partial charge in [0.25, 0.3) is 5.91 Å². The summed E-state index contributed by atoms with van der Waals surface area (Å²) in [6, 6.07) is 0.288. The number of primary amides is 1. The van der Waals surface area contributed by atoms with Crippen molar-refractivity contribution in [1.29, 1.82) is 0 Å². The zero-order valence-electron chi connectivity index (χ0n) is 16.2. The smallest absolute Gasteiger partial charge is 0.254 e. The fourth-order valence-corrected chi connectivity index (χ4v) is 4.20. The summed E-state index contributed by atoms with van der Waals surface area (Å²) in [6.45, 7) is 2.04. The maximum absolute atomic E-state index is 11.8. The molecule has 0 spiro atoms. The van der Waals surface area contributed by atoms with Crippen LogP contribution < -0.4 is 16.4 Å². The van der Waals surface area contributed by atoms with Crippen LogP contribution in [0.1, 0.15) is 70.1 Å². The number of aromatic nitrogens is 2. The molecule has 0 saturated heterocycles. The van der Waals surface area contributed by atoms with Crippen molar-refractivity contribution < 1.29 is 16.1 Å². The van der Waals surface area contributed by atoms with Gasteiger partial charge in [-0.15, -0.1) is 0 Å². The third-order valence-electron chi connectivity index (χ3n) is 5.77. The van der Waals surface area contributed by atoms with Crippen LogP contribution in [0.15, 0.2) is 6.20 Å². The average Bonchev–Trinajstić information content (AvgIpc) is 2.61. The molecule has 27 heavy (non-hydrogen) atoms. The summed E-state index contributed by atoms with van der Waals surface area (Å²) in [5.41, 5.74) is 5.45. The molecule has 2 aliphatic rings. The van der Waals surface area contributed by atoms with Crippen molar-refractivity contribution in [3.05, 3.63) is 11.8 Å². The number of aliphatic hydroxyl groups is 1. The van der Waals surface area contributed by atoms with Crippen LogP contribution in [-0.4, -0.2) is 51.9 Å². The molecular weight excluding hydrogens is 346 g/mol. The molecule has 0 bridgehead atoms. The molecule has 2 saturated carbocycles. The molecule has 0 unspecified atom stereocenters. The normalized spacial score (nSPS) is 31.3. The Morgan fingerprint density at radius 3 is 2.74 bits per heavy atom. The summed E-state index contributed by atoms with van der Waals surface area (Å²) in [5, 5.41) is 16.8. The van der Waals surface area contributed by atoms with Gasteiger partial charge in [0.05, 0.1) is 17.8 Å². The van der Waals surface area contributed by atoms with Crippen LogP contribution in [0.5, 0.6) is 0 Å². The Labute approximate surface area is 161 Å². The molecule has 1 aromatic rings. The largest absolute Gasteiger partial charge is 0.393 e. The van der Waals surface area contributed by atoms with Crippen LogP contribution in [-0.2, 0) is 4.74 Å². The Morgan fingerprint density at radius 1 is 1.37 bits per heavy atom. The third-order valence-corrected chi connectivity index (χ3v) is 5.77. The molecule has 3 rings (SSSR count). The zero-order chi connectivity index (χ0) is 19.4. The number of rotatable bonds is 6. The van der Waals surface area contributed by atoms with E-state index in [0.29, 0.717) is 24.3 Å². The van der Waals surface area contributed by atoms with Crippen LogP contribution in [0, 0.1) is 0 Å². The van der Waals surface area contributed by atoms with Gasteiger partial charge in [-0.05, 0) is 58.3 Å².